The first kappa shape index (κ1) is 17.4. The fraction of sp³-hybridized carbons (Fsp3) is 0.438. The van der Waals surface area contributed by atoms with Crippen LogP contribution in [-0.2, 0) is 6.42 Å². The fourth-order valence-corrected chi connectivity index (χ4v) is 3.02. The molecule has 2 rings (SSSR count). The first-order valence-electron chi connectivity index (χ1n) is 7.71. The molecule has 0 spiro atoms. The lowest BCUT2D eigenvalue weighted by Gasteiger charge is -2.18. The molecule has 2 atom stereocenters. The topological polar surface area (TPSA) is 87.1 Å². The van der Waals surface area contributed by atoms with Crippen LogP contribution in [0.3, 0.4) is 0 Å². The molecule has 2 amide bonds. The van der Waals surface area contributed by atoms with Gasteiger partial charge >= 0.3 is 6.03 Å². The standard InChI is InChI=1S/C16H22N4O2S/c1-3-7-14-19-20-16(23-14)18-15(22)17-11(2)10-13(21)12-8-5-4-6-9-12/h4-6,8-9,11,13,21H,3,7,10H2,1-2H3,(H2,17,18,20,22). The molecule has 1 aromatic carbocycles. The van der Waals surface area contributed by atoms with Crippen molar-refractivity contribution in [1.82, 2.24) is 15.5 Å². The highest BCUT2D eigenvalue weighted by Crippen LogP contribution is 2.18. The number of aliphatic hydroxyl groups excluding tert-OH is 1. The third-order valence-electron chi connectivity index (χ3n) is 3.29. The summed E-state index contributed by atoms with van der Waals surface area (Å²) in [6.45, 7) is 3.93. The summed E-state index contributed by atoms with van der Waals surface area (Å²) in [6, 6.07) is 8.90. The average Bonchev–Trinajstić information content (AvgIpc) is 2.95. The van der Waals surface area contributed by atoms with Crippen molar-refractivity contribution in [2.24, 2.45) is 0 Å². The van der Waals surface area contributed by atoms with Crippen LogP contribution in [0.5, 0.6) is 0 Å². The summed E-state index contributed by atoms with van der Waals surface area (Å²) in [4.78, 5) is 11.9. The maximum atomic E-state index is 11.9. The second kappa shape index (κ2) is 8.59. The molecular weight excluding hydrogens is 312 g/mol. The highest BCUT2D eigenvalue weighted by atomic mass is 32.1. The molecule has 1 heterocycles. The SMILES string of the molecule is CCCc1nnc(NC(=O)NC(C)CC(O)c2ccccc2)s1. The number of aryl methyl sites for hydroxylation is 1. The number of hydrogen-bond donors (Lipinski definition) is 3. The van der Waals surface area contributed by atoms with Crippen LogP contribution in [-0.4, -0.2) is 27.4 Å². The van der Waals surface area contributed by atoms with Gasteiger partial charge in [-0.2, -0.15) is 0 Å². The predicted molar refractivity (Wildman–Crippen MR) is 91.5 cm³/mol. The highest BCUT2D eigenvalue weighted by molar-refractivity contribution is 7.15. The zero-order valence-corrected chi connectivity index (χ0v) is 14.1. The Morgan fingerprint density at radius 3 is 2.74 bits per heavy atom. The predicted octanol–water partition coefficient (Wildman–Crippen LogP) is 3.12. The Morgan fingerprint density at radius 2 is 2.04 bits per heavy atom. The molecule has 2 unspecified atom stereocenters. The van der Waals surface area contributed by atoms with Crippen LogP contribution in [0, 0.1) is 0 Å². The third kappa shape index (κ3) is 5.61. The number of benzene rings is 1. The van der Waals surface area contributed by atoms with Gasteiger partial charge in [-0.15, -0.1) is 10.2 Å². The van der Waals surface area contributed by atoms with E-state index in [2.05, 4.69) is 27.8 Å². The molecule has 6 nitrogen and oxygen atoms in total. The lowest BCUT2D eigenvalue weighted by atomic mass is 10.0. The zero-order chi connectivity index (χ0) is 16.7. The first-order valence-corrected chi connectivity index (χ1v) is 8.53. The number of anilines is 1. The van der Waals surface area contributed by atoms with Gasteiger partial charge < -0.3 is 10.4 Å². The summed E-state index contributed by atoms with van der Waals surface area (Å²) in [5, 5.41) is 25.0. The van der Waals surface area contributed by atoms with E-state index in [4.69, 9.17) is 0 Å². The zero-order valence-electron chi connectivity index (χ0n) is 13.3. The second-order valence-electron chi connectivity index (χ2n) is 5.41. The molecule has 0 saturated heterocycles. The molecular formula is C16H22N4O2S. The molecule has 2 aromatic rings. The quantitative estimate of drug-likeness (QED) is 0.726. The monoisotopic (exact) mass is 334 g/mol. The molecule has 0 saturated carbocycles. The molecule has 0 aliphatic heterocycles. The van der Waals surface area contributed by atoms with E-state index < -0.39 is 6.10 Å². The van der Waals surface area contributed by atoms with Gasteiger partial charge in [-0.1, -0.05) is 48.6 Å². The number of carbonyl (C=O) groups is 1. The van der Waals surface area contributed by atoms with Crippen LogP contribution in [0.2, 0.25) is 0 Å². The van der Waals surface area contributed by atoms with E-state index in [1.54, 1.807) is 0 Å². The van der Waals surface area contributed by atoms with E-state index in [-0.39, 0.29) is 12.1 Å². The molecule has 0 aliphatic rings. The van der Waals surface area contributed by atoms with Crippen LogP contribution in [0.15, 0.2) is 30.3 Å². The summed E-state index contributed by atoms with van der Waals surface area (Å²) in [7, 11) is 0. The van der Waals surface area contributed by atoms with Crippen molar-refractivity contribution >= 4 is 22.5 Å². The third-order valence-corrected chi connectivity index (χ3v) is 4.19. The summed E-state index contributed by atoms with van der Waals surface area (Å²) >= 11 is 1.38. The van der Waals surface area contributed by atoms with Gasteiger partial charge in [-0.25, -0.2) is 4.79 Å². The summed E-state index contributed by atoms with van der Waals surface area (Å²) < 4.78 is 0. The molecule has 0 aliphatic carbocycles. The van der Waals surface area contributed by atoms with Crippen LogP contribution in [0.1, 0.15) is 43.4 Å². The van der Waals surface area contributed by atoms with Gasteiger partial charge in [0.2, 0.25) is 5.13 Å². The van der Waals surface area contributed by atoms with E-state index in [1.807, 2.05) is 37.3 Å². The number of aromatic nitrogens is 2. The molecule has 3 N–H and O–H groups in total. The summed E-state index contributed by atoms with van der Waals surface area (Å²) in [5.74, 6) is 0. The number of urea groups is 1. The van der Waals surface area contributed by atoms with Gasteiger partial charge in [0.15, 0.2) is 0 Å². The van der Waals surface area contributed by atoms with Gasteiger partial charge in [-0.3, -0.25) is 5.32 Å². The number of carbonyl (C=O) groups excluding carboxylic acids is 1. The van der Waals surface area contributed by atoms with Crippen molar-refractivity contribution in [3.05, 3.63) is 40.9 Å². The summed E-state index contributed by atoms with van der Waals surface area (Å²) in [5.41, 5.74) is 0.842. The number of amides is 2. The molecule has 124 valence electrons. The normalized spacial score (nSPS) is 13.3. The van der Waals surface area contributed by atoms with Crippen molar-refractivity contribution in [1.29, 1.82) is 0 Å². The van der Waals surface area contributed by atoms with Gasteiger partial charge in [0, 0.05) is 12.5 Å². The molecule has 0 fully saturated rings. The van der Waals surface area contributed by atoms with Crippen LogP contribution in [0.4, 0.5) is 9.93 Å². The molecule has 23 heavy (non-hydrogen) atoms. The lowest BCUT2D eigenvalue weighted by molar-refractivity contribution is 0.155. The van der Waals surface area contributed by atoms with Crippen molar-refractivity contribution in [2.45, 2.75) is 45.3 Å². The van der Waals surface area contributed by atoms with E-state index in [9.17, 15) is 9.90 Å². The van der Waals surface area contributed by atoms with Crippen molar-refractivity contribution in [2.75, 3.05) is 5.32 Å². The van der Waals surface area contributed by atoms with Gasteiger partial charge in [0.25, 0.3) is 0 Å². The minimum absolute atomic E-state index is 0.173. The van der Waals surface area contributed by atoms with Crippen molar-refractivity contribution < 1.29 is 9.90 Å². The van der Waals surface area contributed by atoms with E-state index >= 15 is 0 Å². The van der Waals surface area contributed by atoms with Gasteiger partial charge in [-0.05, 0) is 25.3 Å². The maximum Gasteiger partial charge on any atom is 0.321 e. The Labute approximate surface area is 140 Å². The number of nitrogens with zero attached hydrogens (tertiary/aromatic N) is 2. The lowest BCUT2D eigenvalue weighted by Crippen LogP contribution is -2.37. The number of aliphatic hydroxyl groups is 1. The van der Waals surface area contributed by atoms with Crippen LogP contribution < -0.4 is 10.6 Å². The Balaban J connectivity index is 1.79. The van der Waals surface area contributed by atoms with Crippen LogP contribution in [0.25, 0.3) is 0 Å². The second-order valence-corrected chi connectivity index (χ2v) is 6.47. The van der Waals surface area contributed by atoms with Crippen LogP contribution >= 0.6 is 11.3 Å². The van der Waals surface area contributed by atoms with E-state index in [0.717, 1.165) is 23.4 Å². The van der Waals surface area contributed by atoms with Gasteiger partial charge in [0.05, 0.1) is 6.10 Å². The Morgan fingerprint density at radius 1 is 1.30 bits per heavy atom. The molecule has 0 radical (unpaired) electrons. The van der Waals surface area contributed by atoms with E-state index in [1.165, 1.54) is 11.3 Å². The highest BCUT2D eigenvalue weighted by Gasteiger charge is 2.15. The number of hydrogen-bond acceptors (Lipinski definition) is 5. The Bertz CT molecular complexity index is 618. The molecule has 7 heteroatoms. The number of nitrogens with one attached hydrogen (secondary N) is 2. The summed E-state index contributed by atoms with van der Waals surface area (Å²) in [6.07, 6.45) is 1.69. The minimum Gasteiger partial charge on any atom is -0.388 e. The van der Waals surface area contributed by atoms with Gasteiger partial charge in [0.1, 0.15) is 5.01 Å². The minimum atomic E-state index is -0.607. The maximum absolute atomic E-state index is 11.9. The smallest absolute Gasteiger partial charge is 0.321 e. The Hall–Kier alpha value is -1.99. The molecule has 0 bridgehead atoms. The number of rotatable bonds is 7. The average molecular weight is 334 g/mol. The Kier molecular flexibility index (Phi) is 6.49. The largest absolute Gasteiger partial charge is 0.388 e. The van der Waals surface area contributed by atoms with Crippen molar-refractivity contribution in [3.8, 4) is 0 Å². The van der Waals surface area contributed by atoms with E-state index in [0.29, 0.717) is 11.6 Å². The first-order chi connectivity index (χ1) is 11.1. The molecule has 1 aromatic heterocycles. The fourth-order valence-electron chi connectivity index (χ4n) is 2.18. The van der Waals surface area contributed by atoms with Crippen molar-refractivity contribution in [3.63, 3.8) is 0 Å².